The molecule has 112 valence electrons. The number of hydrogen-bond acceptors (Lipinski definition) is 0. The largest absolute Gasteiger partial charge is 0.393 e. The molecule has 0 amide bonds. The van der Waals surface area contributed by atoms with E-state index < -0.39 is 12.6 Å². The monoisotopic (exact) mass is 292 g/mol. The molecule has 0 N–H and O–H groups in total. The molecule has 0 saturated heterocycles. The van der Waals surface area contributed by atoms with Crippen LogP contribution in [0.25, 0.3) is 11.1 Å². The fourth-order valence-corrected chi connectivity index (χ4v) is 2.21. The maximum atomic E-state index is 12.3. The summed E-state index contributed by atoms with van der Waals surface area (Å²) in [5.41, 5.74) is 3.56. The Morgan fingerprint density at radius 2 is 1.14 bits per heavy atom. The van der Waals surface area contributed by atoms with Crippen molar-refractivity contribution in [1.29, 1.82) is 0 Å². The van der Waals surface area contributed by atoms with Gasteiger partial charge < -0.3 is 0 Å². The van der Waals surface area contributed by atoms with Crippen LogP contribution in [-0.4, -0.2) is 6.18 Å². The van der Waals surface area contributed by atoms with Gasteiger partial charge in [0, 0.05) is 0 Å². The second-order valence-electron chi connectivity index (χ2n) is 6.32. The van der Waals surface area contributed by atoms with E-state index in [4.69, 9.17) is 0 Å². The lowest BCUT2D eigenvalue weighted by Crippen LogP contribution is -2.11. The molecule has 0 bridgehead atoms. The zero-order valence-corrected chi connectivity index (χ0v) is 12.5. The molecule has 0 aliphatic carbocycles. The van der Waals surface area contributed by atoms with Gasteiger partial charge in [-0.2, -0.15) is 13.2 Å². The molecule has 0 saturated carbocycles. The second-order valence-corrected chi connectivity index (χ2v) is 6.32. The van der Waals surface area contributed by atoms with Gasteiger partial charge in [-0.15, -0.1) is 0 Å². The standard InChI is InChI=1S/C18H19F3/c1-17(2,3)16-10-8-15(9-11-16)14-6-4-13(5-7-14)12-18(19,20)21/h4-11H,12H2,1-3H3. The summed E-state index contributed by atoms with van der Waals surface area (Å²) >= 11 is 0. The summed E-state index contributed by atoms with van der Waals surface area (Å²) in [6.45, 7) is 6.44. The van der Waals surface area contributed by atoms with E-state index >= 15 is 0 Å². The molecule has 0 aromatic heterocycles. The number of halogens is 3. The summed E-state index contributed by atoms with van der Waals surface area (Å²) < 4.78 is 37.0. The lowest BCUT2D eigenvalue weighted by molar-refractivity contribution is -0.127. The van der Waals surface area contributed by atoms with Crippen molar-refractivity contribution in [3.05, 3.63) is 59.7 Å². The zero-order chi connectivity index (χ0) is 15.7. The molecule has 0 fully saturated rings. The Kier molecular flexibility index (Phi) is 4.13. The molecule has 0 nitrogen and oxygen atoms in total. The van der Waals surface area contributed by atoms with Crippen molar-refractivity contribution in [2.24, 2.45) is 0 Å². The molecule has 2 aromatic rings. The molecule has 3 heteroatoms. The first-order chi connectivity index (χ1) is 9.65. The Bertz CT molecular complexity index is 584. The van der Waals surface area contributed by atoms with Crippen molar-refractivity contribution in [2.75, 3.05) is 0 Å². The number of benzene rings is 2. The minimum atomic E-state index is -4.16. The Balaban J connectivity index is 2.19. The molecule has 0 atom stereocenters. The highest BCUT2D eigenvalue weighted by atomic mass is 19.4. The molecule has 2 aromatic carbocycles. The number of rotatable bonds is 2. The van der Waals surface area contributed by atoms with E-state index in [1.54, 1.807) is 24.3 Å². The van der Waals surface area contributed by atoms with E-state index in [1.807, 2.05) is 12.1 Å². The van der Waals surface area contributed by atoms with Crippen molar-refractivity contribution >= 4 is 0 Å². The topological polar surface area (TPSA) is 0 Å². The van der Waals surface area contributed by atoms with Crippen LogP contribution in [-0.2, 0) is 11.8 Å². The molecule has 0 unspecified atom stereocenters. The van der Waals surface area contributed by atoms with Crippen LogP contribution in [0, 0.1) is 0 Å². The Labute approximate surface area is 123 Å². The molecule has 0 radical (unpaired) electrons. The first-order valence-corrected chi connectivity index (χ1v) is 6.92. The second kappa shape index (κ2) is 5.55. The predicted octanol–water partition coefficient (Wildman–Crippen LogP) is 5.76. The first kappa shape index (κ1) is 15.6. The van der Waals surface area contributed by atoms with Gasteiger partial charge in [0.05, 0.1) is 6.42 Å². The highest BCUT2D eigenvalue weighted by Gasteiger charge is 2.27. The van der Waals surface area contributed by atoms with Crippen molar-refractivity contribution in [3.63, 3.8) is 0 Å². The average molecular weight is 292 g/mol. The van der Waals surface area contributed by atoms with Gasteiger partial charge in [0.25, 0.3) is 0 Å². The summed E-state index contributed by atoms with van der Waals surface area (Å²) in [5.74, 6) is 0. The van der Waals surface area contributed by atoms with Gasteiger partial charge in [0.1, 0.15) is 0 Å². The van der Waals surface area contributed by atoms with E-state index in [1.165, 1.54) is 5.56 Å². The Hall–Kier alpha value is -1.77. The van der Waals surface area contributed by atoms with Gasteiger partial charge >= 0.3 is 6.18 Å². The summed E-state index contributed by atoms with van der Waals surface area (Å²) in [4.78, 5) is 0. The SMILES string of the molecule is CC(C)(C)c1ccc(-c2ccc(CC(F)(F)F)cc2)cc1. The van der Waals surface area contributed by atoms with Crippen LogP contribution >= 0.6 is 0 Å². The third kappa shape index (κ3) is 4.35. The van der Waals surface area contributed by atoms with Crippen LogP contribution in [0.3, 0.4) is 0 Å². The summed E-state index contributed by atoms with van der Waals surface area (Å²) in [6.07, 6.45) is -5.04. The molecule has 0 spiro atoms. The molecule has 2 rings (SSSR count). The highest BCUT2D eigenvalue weighted by Crippen LogP contribution is 2.27. The molecular formula is C18H19F3. The van der Waals surface area contributed by atoms with Crippen LogP contribution in [0.4, 0.5) is 13.2 Å². The van der Waals surface area contributed by atoms with E-state index in [0.29, 0.717) is 0 Å². The third-order valence-electron chi connectivity index (χ3n) is 3.44. The van der Waals surface area contributed by atoms with E-state index in [2.05, 4.69) is 32.9 Å². The smallest absolute Gasteiger partial charge is 0.171 e. The maximum Gasteiger partial charge on any atom is 0.393 e. The van der Waals surface area contributed by atoms with Gasteiger partial charge in [-0.3, -0.25) is 0 Å². The average Bonchev–Trinajstić information content (AvgIpc) is 2.37. The van der Waals surface area contributed by atoms with E-state index in [9.17, 15) is 13.2 Å². The van der Waals surface area contributed by atoms with Gasteiger partial charge in [0.2, 0.25) is 0 Å². The molecule has 0 aliphatic heterocycles. The Morgan fingerprint density at radius 1 is 0.714 bits per heavy atom. The lowest BCUT2D eigenvalue weighted by atomic mass is 9.86. The fraction of sp³-hybridized carbons (Fsp3) is 0.333. The molecule has 21 heavy (non-hydrogen) atoms. The van der Waals surface area contributed by atoms with Crippen molar-refractivity contribution in [3.8, 4) is 11.1 Å². The van der Waals surface area contributed by atoms with Crippen LogP contribution in [0.5, 0.6) is 0 Å². The van der Waals surface area contributed by atoms with Crippen molar-refractivity contribution < 1.29 is 13.2 Å². The molecule has 0 heterocycles. The van der Waals surface area contributed by atoms with Crippen LogP contribution < -0.4 is 0 Å². The van der Waals surface area contributed by atoms with E-state index in [-0.39, 0.29) is 11.0 Å². The lowest BCUT2D eigenvalue weighted by Gasteiger charge is -2.19. The van der Waals surface area contributed by atoms with Crippen molar-refractivity contribution in [1.82, 2.24) is 0 Å². The maximum absolute atomic E-state index is 12.3. The first-order valence-electron chi connectivity index (χ1n) is 6.92. The van der Waals surface area contributed by atoms with Crippen molar-refractivity contribution in [2.45, 2.75) is 38.8 Å². The molecular weight excluding hydrogens is 273 g/mol. The van der Waals surface area contributed by atoms with Gasteiger partial charge in [-0.05, 0) is 27.7 Å². The highest BCUT2D eigenvalue weighted by molar-refractivity contribution is 5.64. The number of alkyl halides is 3. The molecule has 0 aliphatic rings. The van der Waals surface area contributed by atoms with Gasteiger partial charge in [-0.25, -0.2) is 0 Å². The summed E-state index contributed by atoms with van der Waals surface area (Å²) in [5, 5.41) is 0. The van der Waals surface area contributed by atoms with E-state index in [0.717, 1.165) is 11.1 Å². The zero-order valence-electron chi connectivity index (χ0n) is 12.5. The van der Waals surface area contributed by atoms with Crippen LogP contribution in [0.2, 0.25) is 0 Å². The quantitative estimate of drug-likeness (QED) is 0.660. The van der Waals surface area contributed by atoms with Crippen LogP contribution in [0.1, 0.15) is 31.9 Å². The van der Waals surface area contributed by atoms with Crippen LogP contribution in [0.15, 0.2) is 48.5 Å². The Morgan fingerprint density at radius 3 is 1.52 bits per heavy atom. The van der Waals surface area contributed by atoms with Gasteiger partial charge in [-0.1, -0.05) is 69.3 Å². The third-order valence-corrected chi connectivity index (χ3v) is 3.44. The number of hydrogen-bond donors (Lipinski definition) is 0. The summed E-state index contributed by atoms with van der Waals surface area (Å²) in [7, 11) is 0. The normalized spacial score (nSPS) is 12.5. The minimum absolute atomic E-state index is 0.0924. The van der Waals surface area contributed by atoms with Gasteiger partial charge in [0.15, 0.2) is 0 Å². The fourth-order valence-electron chi connectivity index (χ4n) is 2.21. The summed E-state index contributed by atoms with van der Waals surface area (Å²) in [6, 6.07) is 14.7. The minimum Gasteiger partial charge on any atom is -0.171 e. The predicted molar refractivity (Wildman–Crippen MR) is 80.3 cm³/mol.